The lowest BCUT2D eigenvalue weighted by molar-refractivity contribution is 0.177. The number of aromatic nitrogens is 2. The van der Waals surface area contributed by atoms with Crippen molar-refractivity contribution in [2.45, 2.75) is 32.9 Å². The molecule has 1 N–H and O–H groups in total. The number of rotatable bonds is 7. The zero-order valence-corrected chi connectivity index (χ0v) is 17.9. The van der Waals surface area contributed by atoms with Crippen LogP contribution in [0.15, 0.2) is 66.9 Å². The fourth-order valence-corrected chi connectivity index (χ4v) is 3.49. The van der Waals surface area contributed by atoms with Gasteiger partial charge in [0.2, 0.25) is 5.95 Å². The highest BCUT2D eigenvalue weighted by atomic mass is 16.6. The number of cyclic esters (lactones) is 1. The number of amides is 1. The monoisotopic (exact) mass is 418 g/mol. The number of para-hydroxylation sites is 1. The molecule has 1 amide bonds. The van der Waals surface area contributed by atoms with E-state index in [1.807, 2.05) is 61.5 Å². The van der Waals surface area contributed by atoms with Gasteiger partial charge in [-0.2, -0.15) is 4.98 Å². The minimum atomic E-state index is -0.373. The van der Waals surface area contributed by atoms with E-state index in [1.54, 1.807) is 17.2 Å². The summed E-state index contributed by atoms with van der Waals surface area (Å²) in [6, 6.07) is 19.2. The molecule has 2 aromatic carbocycles. The van der Waals surface area contributed by atoms with Crippen LogP contribution in [0.1, 0.15) is 32.4 Å². The van der Waals surface area contributed by atoms with Crippen molar-refractivity contribution < 1.29 is 14.3 Å². The summed E-state index contributed by atoms with van der Waals surface area (Å²) >= 11 is 0. The van der Waals surface area contributed by atoms with Crippen LogP contribution in [0, 0.1) is 5.92 Å². The molecule has 31 heavy (non-hydrogen) atoms. The molecule has 0 bridgehead atoms. The third-order valence-electron chi connectivity index (χ3n) is 5.25. The lowest BCUT2D eigenvalue weighted by Crippen LogP contribution is -2.37. The quantitative estimate of drug-likeness (QED) is 0.552. The third-order valence-corrected chi connectivity index (χ3v) is 5.25. The van der Waals surface area contributed by atoms with Crippen LogP contribution < -0.4 is 15.0 Å². The molecule has 3 aromatic rings. The number of hydrogen-bond donors (Lipinski definition) is 1. The SMILES string of the molecule is CC(C)[C@H]1COC(=O)N1c1ccnc(N[C@@H](C)c2cccc(Oc3ccccc3)c2)n1. The van der Waals surface area contributed by atoms with Gasteiger partial charge in [-0.3, -0.25) is 4.90 Å². The Morgan fingerprint density at radius 3 is 2.61 bits per heavy atom. The number of nitrogens with zero attached hydrogens (tertiary/aromatic N) is 3. The van der Waals surface area contributed by atoms with Gasteiger partial charge >= 0.3 is 6.09 Å². The lowest BCUT2D eigenvalue weighted by atomic mass is 10.0. The van der Waals surface area contributed by atoms with Gasteiger partial charge in [-0.05, 0) is 48.7 Å². The predicted molar refractivity (Wildman–Crippen MR) is 119 cm³/mol. The van der Waals surface area contributed by atoms with Crippen LogP contribution in [0.4, 0.5) is 16.6 Å². The highest BCUT2D eigenvalue weighted by molar-refractivity contribution is 5.89. The number of benzene rings is 2. The van der Waals surface area contributed by atoms with Crippen molar-refractivity contribution >= 4 is 17.9 Å². The van der Waals surface area contributed by atoms with E-state index in [4.69, 9.17) is 9.47 Å². The van der Waals surface area contributed by atoms with Crippen LogP contribution >= 0.6 is 0 Å². The fourth-order valence-electron chi connectivity index (χ4n) is 3.49. The molecule has 1 aliphatic rings. The minimum Gasteiger partial charge on any atom is -0.457 e. The normalized spacial score (nSPS) is 16.8. The van der Waals surface area contributed by atoms with Gasteiger partial charge < -0.3 is 14.8 Å². The summed E-state index contributed by atoms with van der Waals surface area (Å²) in [5.74, 6) is 2.78. The number of carbonyl (C=O) groups is 1. The van der Waals surface area contributed by atoms with Gasteiger partial charge in [0.05, 0.1) is 12.1 Å². The second kappa shape index (κ2) is 9.04. The molecule has 1 fully saturated rings. The molecule has 0 radical (unpaired) electrons. The van der Waals surface area contributed by atoms with E-state index in [0.29, 0.717) is 18.4 Å². The first-order valence-electron chi connectivity index (χ1n) is 10.4. The van der Waals surface area contributed by atoms with Crippen LogP contribution in [-0.2, 0) is 4.74 Å². The molecule has 4 rings (SSSR count). The summed E-state index contributed by atoms with van der Waals surface area (Å²) in [7, 11) is 0. The minimum absolute atomic E-state index is 0.0421. The van der Waals surface area contributed by atoms with Crippen LogP contribution in [-0.4, -0.2) is 28.7 Å². The molecule has 2 atom stereocenters. The van der Waals surface area contributed by atoms with Gasteiger partial charge in [-0.25, -0.2) is 9.78 Å². The Hall–Kier alpha value is -3.61. The largest absolute Gasteiger partial charge is 0.457 e. The fraction of sp³-hybridized carbons (Fsp3) is 0.292. The van der Waals surface area contributed by atoms with Crippen molar-refractivity contribution in [3.05, 3.63) is 72.4 Å². The number of nitrogens with one attached hydrogen (secondary N) is 1. The van der Waals surface area contributed by atoms with Gasteiger partial charge in [0.25, 0.3) is 0 Å². The van der Waals surface area contributed by atoms with Gasteiger partial charge in [0.15, 0.2) is 0 Å². The Kier molecular flexibility index (Phi) is 6.02. The molecule has 0 saturated carbocycles. The molecule has 1 saturated heterocycles. The summed E-state index contributed by atoms with van der Waals surface area (Å²) in [5, 5.41) is 3.32. The van der Waals surface area contributed by atoms with Crippen LogP contribution in [0.5, 0.6) is 11.5 Å². The standard InChI is InChI=1S/C24H26N4O3/c1-16(2)21-15-30-24(29)28(21)22-12-13-25-23(27-22)26-17(3)18-8-7-11-20(14-18)31-19-9-5-4-6-10-19/h4-14,16-17,21H,15H2,1-3H3,(H,25,26,27)/t17-,21+/m0/s1. The number of carbonyl (C=O) groups excluding carboxylic acids is 1. The average molecular weight is 418 g/mol. The molecule has 0 aliphatic carbocycles. The summed E-state index contributed by atoms with van der Waals surface area (Å²) < 4.78 is 11.2. The maximum absolute atomic E-state index is 12.2. The molecule has 2 heterocycles. The molecular weight excluding hydrogens is 392 g/mol. The summed E-state index contributed by atoms with van der Waals surface area (Å²) in [4.78, 5) is 22.7. The second-order valence-electron chi connectivity index (χ2n) is 7.85. The van der Waals surface area contributed by atoms with Gasteiger partial charge in [-0.1, -0.05) is 44.2 Å². The Bertz CT molecular complexity index is 1040. The second-order valence-corrected chi connectivity index (χ2v) is 7.85. The topological polar surface area (TPSA) is 76.6 Å². The van der Waals surface area contributed by atoms with Crippen molar-refractivity contribution in [1.29, 1.82) is 0 Å². The Balaban J connectivity index is 1.49. The Morgan fingerprint density at radius 1 is 1.06 bits per heavy atom. The highest BCUT2D eigenvalue weighted by Crippen LogP contribution is 2.28. The van der Waals surface area contributed by atoms with Gasteiger partial charge in [0.1, 0.15) is 23.9 Å². The maximum atomic E-state index is 12.2. The van der Waals surface area contributed by atoms with Crippen molar-refractivity contribution in [2.24, 2.45) is 5.92 Å². The smallest absolute Gasteiger partial charge is 0.415 e. The van der Waals surface area contributed by atoms with Crippen molar-refractivity contribution in [3.63, 3.8) is 0 Å². The van der Waals surface area contributed by atoms with E-state index in [1.165, 1.54) is 0 Å². The van der Waals surface area contributed by atoms with E-state index in [-0.39, 0.29) is 24.1 Å². The van der Waals surface area contributed by atoms with Crippen LogP contribution in [0.25, 0.3) is 0 Å². The number of hydrogen-bond acceptors (Lipinski definition) is 6. The van der Waals surface area contributed by atoms with Crippen LogP contribution in [0.3, 0.4) is 0 Å². The third kappa shape index (κ3) is 4.77. The summed E-state index contributed by atoms with van der Waals surface area (Å²) in [6.07, 6.45) is 1.28. The molecular formula is C24H26N4O3. The maximum Gasteiger partial charge on any atom is 0.415 e. The van der Waals surface area contributed by atoms with Gasteiger partial charge in [-0.15, -0.1) is 0 Å². The molecule has 0 unspecified atom stereocenters. The van der Waals surface area contributed by atoms with E-state index in [9.17, 15) is 4.79 Å². The van der Waals surface area contributed by atoms with E-state index in [0.717, 1.165) is 17.1 Å². The number of anilines is 2. The summed E-state index contributed by atoms with van der Waals surface area (Å²) in [6.45, 7) is 6.52. The van der Waals surface area contributed by atoms with E-state index >= 15 is 0 Å². The highest BCUT2D eigenvalue weighted by Gasteiger charge is 2.37. The first kappa shape index (κ1) is 20.7. The van der Waals surface area contributed by atoms with Crippen molar-refractivity contribution in [3.8, 4) is 11.5 Å². The average Bonchev–Trinajstić information content (AvgIpc) is 3.16. The first-order valence-corrected chi connectivity index (χ1v) is 10.4. The van der Waals surface area contributed by atoms with E-state index < -0.39 is 0 Å². The zero-order chi connectivity index (χ0) is 21.8. The lowest BCUT2D eigenvalue weighted by Gasteiger charge is -2.23. The molecule has 0 spiro atoms. The Morgan fingerprint density at radius 2 is 1.84 bits per heavy atom. The van der Waals surface area contributed by atoms with Gasteiger partial charge in [0, 0.05) is 6.20 Å². The zero-order valence-electron chi connectivity index (χ0n) is 17.9. The molecule has 160 valence electrons. The number of ether oxygens (including phenoxy) is 2. The first-order chi connectivity index (χ1) is 15.0. The Labute approximate surface area is 182 Å². The summed E-state index contributed by atoms with van der Waals surface area (Å²) in [5.41, 5.74) is 1.03. The molecule has 7 nitrogen and oxygen atoms in total. The van der Waals surface area contributed by atoms with Crippen molar-refractivity contribution in [2.75, 3.05) is 16.8 Å². The molecule has 1 aromatic heterocycles. The van der Waals surface area contributed by atoms with Crippen molar-refractivity contribution in [1.82, 2.24) is 9.97 Å². The predicted octanol–water partition coefficient (Wildman–Crippen LogP) is 5.42. The van der Waals surface area contributed by atoms with E-state index in [2.05, 4.69) is 29.1 Å². The molecule has 1 aliphatic heterocycles. The molecule has 7 heteroatoms. The van der Waals surface area contributed by atoms with Crippen LogP contribution in [0.2, 0.25) is 0 Å².